The first kappa shape index (κ1) is 16.2. The number of carbonyl (C=O) groups is 1. The van der Waals surface area contributed by atoms with Crippen LogP contribution in [0.15, 0.2) is 18.2 Å². The molecule has 1 fully saturated rings. The second kappa shape index (κ2) is 6.53. The maximum atomic E-state index is 12.3. The van der Waals surface area contributed by atoms with E-state index in [4.69, 9.17) is 0 Å². The Morgan fingerprint density at radius 3 is 2.85 bits per heavy atom. The fraction of sp³-hybridized carbons (Fsp3) is 0.417. The van der Waals surface area contributed by atoms with E-state index in [1.54, 1.807) is 4.90 Å². The van der Waals surface area contributed by atoms with E-state index in [1.807, 2.05) is 6.92 Å². The molecule has 2 N–H and O–H groups in total. The van der Waals surface area contributed by atoms with Crippen LogP contribution in [0.2, 0.25) is 0 Å². The Bertz CT molecular complexity index is 523. The molecule has 1 aromatic carbocycles. The summed E-state index contributed by atoms with van der Waals surface area (Å²) >= 11 is 0. The summed E-state index contributed by atoms with van der Waals surface area (Å²) in [7, 11) is 0. The van der Waals surface area contributed by atoms with Crippen LogP contribution in [-0.2, 0) is 0 Å². The first-order valence-electron chi connectivity index (χ1n) is 5.99. The predicted octanol–water partition coefficient (Wildman–Crippen LogP) is 1.16. The van der Waals surface area contributed by atoms with Crippen molar-refractivity contribution in [1.82, 2.24) is 10.2 Å². The van der Waals surface area contributed by atoms with Crippen molar-refractivity contribution in [3.8, 4) is 5.75 Å². The highest BCUT2D eigenvalue weighted by Gasteiger charge is 2.27. The van der Waals surface area contributed by atoms with Crippen LogP contribution in [0.3, 0.4) is 0 Å². The van der Waals surface area contributed by atoms with Gasteiger partial charge >= 0.3 is 5.69 Å². The normalized spacial score (nSPS) is 18.2. The molecule has 20 heavy (non-hydrogen) atoms. The van der Waals surface area contributed by atoms with Gasteiger partial charge in [0.15, 0.2) is 0 Å². The fourth-order valence-corrected chi connectivity index (χ4v) is 2.14. The Morgan fingerprint density at radius 1 is 1.55 bits per heavy atom. The number of para-hydroxylation sites is 1. The molecule has 7 nitrogen and oxygen atoms in total. The van der Waals surface area contributed by atoms with Gasteiger partial charge in [0.1, 0.15) is 0 Å². The van der Waals surface area contributed by atoms with E-state index in [-0.39, 0.29) is 29.9 Å². The molecule has 8 heteroatoms. The Morgan fingerprint density at radius 2 is 2.25 bits per heavy atom. The van der Waals surface area contributed by atoms with Crippen LogP contribution in [-0.4, -0.2) is 46.5 Å². The number of amides is 1. The van der Waals surface area contributed by atoms with Crippen molar-refractivity contribution in [2.24, 2.45) is 0 Å². The number of phenols is 1. The van der Waals surface area contributed by atoms with Gasteiger partial charge in [0.25, 0.3) is 5.91 Å². The molecule has 2 rings (SSSR count). The Hall–Kier alpha value is -1.86. The molecule has 1 aliphatic rings. The van der Waals surface area contributed by atoms with Gasteiger partial charge in [0, 0.05) is 31.7 Å². The van der Waals surface area contributed by atoms with Gasteiger partial charge in [-0.15, -0.1) is 12.4 Å². The third-order valence-electron chi connectivity index (χ3n) is 3.10. The molecule has 0 bridgehead atoms. The number of benzene rings is 1. The summed E-state index contributed by atoms with van der Waals surface area (Å²) < 4.78 is 0. The molecular formula is C12H16ClN3O4. The number of piperazine rings is 1. The molecule has 0 aliphatic carbocycles. The second-order valence-corrected chi connectivity index (χ2v) is 4.54. The van der Waals surface area contributed by atoms with Gasteiger partial charge in [-0.05, 0) is 13.0 Å². The van der Waals surface area contributed by atoms with Gasteiger partial charge in [-0.2, -0.15) is 0 Å². The number of nitrogens with one attached hydrogen (secondary N) is 1. The zero-order chi connectivity index (χ0) is 14.0. The van der Waals surface area contributed by atoms with Gasteiger partial charge in [0.05, 0.1) is 10.5 Å². The standard InChI is InChI=1S/C12H15N3O4.ClH/c1-8-7-14(6-5-13-8)12(17)9-3-2-4-10(11(9)16)15(18)19;/h2-4,8,13,16H,5-7H2,1H3;1H/t8-;/m1./s1. The average Bonchev–Trinajstić information content (AvgIpc) is 2.38. The molecule has 1 aromatic rings. The van der Waals surface area contributed by atoms with Crippen molar-refractivity contribution in [2.45, 2.75) is 13.0 Å². The van der Waals surface area contributed by atoms with E-state index >= 15 is 0 Å². The van der Waals surface area contributed by atoms with Gasteiger partial charge < -0.3 is 15.3 Å². The summed E-state index contributed by atoms with van der Waals surface area (Å²) in [5, 5.41) is 23.8. The highest BCUT2D eigenvalue weighted by Crippen LogP contribution is 2.30. The number of phenolic OH excluding ortho intramolecular Hbond substituents is 1. The smallest absolute Gasteiger partial charge is 0.311 e. The van der Waals surface area contributed by atoms with E-state index in [0.29, 0.717) is 19.6 Å². The molecule has 110 valence electrons. The highest BCUT2D eigenvalue weighted by molar-refractivity contribution is 5.98. The van der Waals surface area contributed by atoms with Crippen molar-refractivity contribution in [2.75, 3.05) is 19.6 Å². The molecule has 0 radical (unpaired) electrons. The minimum Gasteiger partial charge on any atom is -0.502 e. The van der Waals surface area contributed by atoms with Crippen LogP contribution in [0.4, 0.5) is 5.69 Å². The second-order valence-electron chi connectivity index (χ2n) is 4.54. The maximum Gasteiger partial charge on any atom is 0.311 e. The van der Waals surface area contributed by atoms with Gasteiger partial charge in [0.2, 0.25) is 5.75 Å². The van der Waals surface area contributed by atoms with Crippen molar-refractivity contribution >= 4 is 24.0 Å². The minimum atomic E-state index is -0.702. The summed E-state index contributed by atoms with van der Waals surface area (Å²) in [5.41, 5.74) is -0.475. The van der Waals surface area contributed by atoms with Gasteiger partial charge in [-0.25, -0.2) is 0 Å². The molecule has 1 amide bonds. The Balaban J connectivity index is 0.00000200. The lowest BCUT2D eigenvalue weighted by molar-refractivity contribution is -0.385. The minimum absolute atomic E-state index is 0. The van der Waals surface area contributed by atoms with Crippen LogP contribution >= 0.6 is 12.4 Å². The largest absolute Gasteiger partial charge is 0.502 e. The Kier molecular flexibility index (Phi) is 5.29. The van der Waals surface area contributed by atoms with E-state index in [1.165, 1.54) is 18.2 Å². The van der Waals surface area contributed by atoms with E-state index in [9.17, 15) is 20.0 Å². The summed E-state index contributed by atoms with van der Waals surface area (Å²) in [4.78, 5) is 23.9. The van der Waals surface area contributed by atoms with Gasteiger partial charge in [-0.1, -0.05) is 6.07 Å². The van der Waals surface area contributed by atoms with Crippen LogP contribution in [0.1, 0.15) is 17.3 Å². The summed E-state index contributed by atoms with van der Waals surface area (Å²) in [5.74, 6) is -0.946. The molecule has 0 spiro atoms. The van der Waals surface area contributed by atoms with Crippen molar-refractivity contribution in [3.05, 3.63) is 33.9 Å². The van der Waals surface area contributed by atoms with Crippen LogP contribution in [0.25, 0.3) is 0 Å². The zero-order valence-electron chi connectivity index (χ0n) is 10.9. The topological polar surface area (TPSA) is 95.7 Å². The molecule has 1 saturated heterocycles. The molecule has 0 unspecified atom stereocenters. The molecular weight excluding hydrogens is 286 g/mol. The number of aromatic hydroxyl groups is 1. The van der Waals surface area contributed by atoms with Crippen LogP contribution < -0.4 is 5.32 Å². The molecule has 0 saturated carbocycles. The van der Waals surface area contributed by atoms with Gasteiger partial charge in [-0.3, -0.25) is 14.9 Å². The SMILES string of the molecule is C[C@@H]1CN(C(=O)c2cccc([N+](=O)[O-])c2O)CCN1.Cl. The van der Waals surface area contributed by atoms with E-state index in [2.05, 4.69) is 5.32 Å². The first-order chi connectivity index (χ1) is 9.00. The maximum absolute atomic E-state index is 12.3. The van der Waals surface area contributed by atoms with Crippen LogP contribution in [0, 0.1) is 10.1 Å². The average molecular weight is 302 g/mol. The quantitative estimate of drug-likeness (QED) is 0.631. The number of rotatable bonds is 2. The van der Waals surface area contributed by atoms with Crippen molar-refractivity contribution in [3.63, 3.8) is 0 Å². The first-order valence-corrected chi connectivity index (χ1v) is 5.99. The lowest BCUT2D eigenvalue weighted by atomic mass is 10.1. The number of halogens is 1. The van der Waals surface area contributed by atoms with Crippen molar-refractivity contribution < 1.29 is 14.8 Å². The molecule has 1 atom stereocenters. The lowest BCUT2D eigenvalue weighted by Crippen LogP contribution is -2.51. The fourth-order valence-electron chi connectivity index (χ4n) is 2.14. The monoisotopic (exact) mass is 301 g/mol. The van der Waals surface area contributed by atoms with Crippen LogP contribution in [0.5, 0.6) is 5.75 Å². The van der Waals surface area contributed by atoms with Crippen molar-refractivity contribution in [1.29, 1.82) is 0 Å². The zero-order valence-corrected chi connectivity index (χ0v) is 11.7. The summed E-state index contributed by atoms with van der Waals surface area (Å²) in [6, 6.07) is 4.14. The molecule has 0 aromatic heterocycles. The summed E-state index contributed by atoms with van der Waals surface area (Å²) in [6.07, 6.45) is 0. The number of hydrogen-bond donors (Lipinski definition) is 2. The molecule has 1 aliphatic heterocycles. The van der Waals surface area contributed by atoms with E-state index < -0.39 is 16.4 Å². The summed E-state index contributed by atoms with van der Waals surface area (Å²) in [6.45, 7) is 3.65. The third kappa shape index (κ3) is 3.17. The number of nitrogens with zero attached hydrogens (tertiary/aromatic N) is 2. The predicted molar refractivity (Wildman–Crippen MR) is 75.4 cm³/mol. The number of hydrogen-bond acceptors (Lipinski definition) is 5. The number of nitro groups is 1. The number of carbonyl (C=O) groups excluding carboxylic acids is 1. The number of nitro benzene ring substituents is 1. The molecule has 1 heterocycles. The van der Waals surface area contributed by atoms with E-state index in [0.717, 1.165) is 0 Å². The highest BCUT2D eigenvalue weighted by atomic mass is 35.5. The lowest BCUT2D eigenvalue weighted by Gasteiger charge is -2.32. The Labute approximate surface area is 122 Å². The third-order valence-corrected chi connectivity index (χ3v) is 3.10.